The molecule has 0 aliphatic rings. The van der Waals surface area contributed by atoms with Gasteiger partial charge in [-0.3, -0.25) is 0 Å². The van der Waals surface area contributed by atoms with E-state index in [0.29, 0.717) is 15.1 Å². The first kappa shape index (κ1) is 13.7. The zero-order valence-electron chi connectivity index (χ0n) is 10.1. The Morgan fingerprint density at radius 2 is 1.75 bits per heavy atom. The van der Waals surface area contributed by atoms with E-state index in [1.165, 1.54) is 11.8 Å². The molecule has 0 fully saturated rings. The Hall–Kier alpha value is -1.23. The van der Waals surface area contributed by atoms with Crippen LogP contribution in [0, 0.1) is 0 Å². The number of halogens is 2. The summed E-state index contributed by atoms with van der Waals surface area (Å²) in [7, 11) is 0. The second kappa shape index (κ2) is 5.64. The largest absolute Gasteiger partial charge is 0.422 e. The second-order valence-electron chi connectivity index (χ2n) is 4.08. The van der Waals surface area contributed by atoms with Crippen molar-refractivity contribution in [3.05, 3.63) is 68.4 Å². The van der Waals surface area contributed by atoms with Crippen molar-refractivity contribution < 1.29 is 4.42 Å². The number of benzene rings is 2. The average Bonchev–Trinajstić information content (AvgIpc) is 2.46. The summed E-state index contributed by atoms with van der Waals surface area (Å²) < 4.78 is 5.69. The molecule has 1 aromatic heterocycles. The summed E-state index contributed by atoms with van der Waals surface area (Å²) in [4.78, 5) is 13.7. The van der Waals surface area contributed by atoms with Gasteiger partial charge in [-0.1, -0.05) is 41.6 Å². The summed E-state index contributed by atoms with van der Waals surface area (Å²) in [5, 5.41) is 1.59. The molecule has 0 saturated heterocycles. The minimum absolute atomic E-state index is 0.375. The molecular weight excluding hydrogens is 360 g/mol. The molecule has 0 unspecified atom stereocenters. The molecule has 0 aliphatic heterocycles. The first-order chi connectivity index (χ1) is 9.65. The Labute approximate surface area is 132 Å². The van der Waals surface area contributed by atoms with E-state index in [4.69, 9.17) is 16.0 Å². The minimum Gasteiger partial charge on any atom is -0.422 e. The quantitative estimate of drug-likeness (QED) is 0.571. The molecule has 20 heavy (non-hydrogen) atoms. The van der Waals surface area contributed by atoms with Crippen molar-refractivity contribution in [1.29, 1.82) is 0 Å². The van der Waals surface area contributed by atoms with Gasteiger partial charge < -0.3 is 4.42 Å². The molecule has 0 N–H and O–H groups in total. The predicted molar refractivity (Wildman–Crippen MR) is 85.8 cm³/mol. The fraction of sp³-hybridized carbons (Fsp3) is 0. The van der Waals surface area contributed by atoms with Crippen molar-refractivity contribution in [2.24, 2.45) is 0 Å². The standard InChI is InChI=1S/C15H8BrClO2S/c16-13-14(20-10-7-5-9(17)6-8-10)11-3-1-2-4-12(11)19-15(13)18/h1-8H. The van der Waals surface area contributed by atoms with Gasteiger partial charge in [0, 0.05) is 20.2 Å². The van der Waals surface area contributed by atoms with Crippen LogP contribution in [0.3, 0.4) is 0 Å². The van der Waals surface area contributed by atoms with Crippen molar-refractivity contribution in [1.82, 2.24) is 0 Å². The fourth-order valence-electron chi connectivity index (χ4n) is 1.82. The SMILES string of the molecule is O=c1oc2ccccc2c(Sc2ccc(Cl)cc2)c1Br. The van der Waals surface area contributed by atoms with E-state index in [-0.39, 0.29) is 5.63 Å². The van der Waals surface area contributed by atoms with Gasteiger partial charge in [-0.25, -0.2) is 4.79 Å². The summed E-state index contributed by atoms with van der Waals surface area (Å²) in [6.07, 6.45) is 0. The first-order valence-electron chi connectivity index (χ1n) is 5.80. The summed E-state index contributed by atoms with van der Waals surface area (Å²) in [6.45, 7) is 0. The van der Waals surface area contributed by atoms with Crippen LogP contribution in [0.2, 0.25) is 5.02 Å². The van der Waals surface area contributed by atoms with Crippen LogP contribution in [0.4, 0.5) is 0 Å². The normalized spacial score (nSPS) is 10.9. The smallest absolute Gasteiger partial charge is 0.351 e. The third-order valence-corrected chi connectivity index (χ3v) is 5.12. The highest BCUT2D eigenvalue weighted by atomic mass is 79.9. The van der Waals surface area contributed by atoms with E-state index in [0.717, 1.165) is 15.2 Å². The molecule has 0 aliphatic carbocycles. The van der Waals surface area contributed by atoms with Gasteiger partial charge in [-0.15, -0.1) is 0 Å². The molecule has 0 atom stereocenters. The van der Waals surface area contributed by atoms with Gasteiger partial charge >= 0.3 is 5.63 Å². The van der Waals surface area contributed by atoms with Crippen LogP contribution >= 0.6 is 39.3 Å². The van der Waals surface area contributed by atoms with E-state index in [1.807, 2.05) is 42.5 Å². The van der Waals surface area contributed by atoms with Gasteiger partial charge in [0.05, 0.1) is 0 Å². The number of hydrogen-bond acceptors (Lipinski definition) is 3. The summed E-state index contributed by atoms with van der Waals surface area (Å²) >= 11 is 10.7. The molecule has 0 amide bonds. The third-order valence-electron chi connectivity index (χ3n) is 2.75. The Balaban J connectivity index is 2.17. The Bertz CT molecular complexity index is 827. The third kappa shape index (κ3) is 2.64. The van der Waals surface area contributed by atoms with Gasteiger partial charge in [0.15, 0.2) is 0 Å². The maximum absolute atomic E-state index is 11.9. The molecule has 5 heteroatoms. The van der Waals surface area contributed by atoms with Crippen LogP contribution in [0.25, 0.3) is 11.0 Å². The average molecular weight is 368 g/mol. The number of rotatable bonds is 2. The lowest BCUT2D eigenvalue weighted by Crippen LogP contribution is -2.01. The van der Waals surface area contributed by atoms with Gasteiger partial charge in [0.1, 0.15) is 10.1 Å². The summed E-state index contributed by atoms with van der Waals surface area (Å²) in [5.41, 5.74) is 0.206. The number of hydrogen-bond donors (Lipinski definition) is 0. The topological polar surface area (TPSA) is 30.2 Å². The van der Waals surface area contributed by atoms with E-state index < -0.39 is 0 Å². The lowest BCUT2D eigenvalue weighted by Gasteiger charge is -2.07. The molecule has 3 rings (SSSR count). The van der Waals surface area contributed by atoms with Crippen LogP contribution < -0.4 is 5.63 Å². The van der Waals surface area contributed by atoms with Gasteiger partial charge in [0.25, 0.3) is 0 Å². The monoisotopic (exact) mass is 366 g/mol. The van der Waals surface area contributed by atoms with Crippen LogP contribution in [-0.2, 0) is 0 Å². The van der Waals surface area contributed by atoms with Crippen LogP contribution in [0.15, 0.2) is 72.0 Å². The Morgan fingerprint density at radius 3 is 2.50 bits per heavy atom. The highest BCUT2D eigenvalue weighted by molar-refractivity contribution is 9.10. The maximum atomic E-state index is 11.9. The highest BCUT2D eigenvalue weighted by Gasteiger charge is 2.13. The first-order valence-corrected chi connectivity index (χ1v) is 7.78. The van der Waals surface area contributed by atoms with Crippen molar-refractivity contribution in [2.75, 3.05) is 0 Å². The molecule has 0 spiro atoms. The highest BCUT2D eigenvalue weighted by Crippen LogP contribution is 2.37. The Kier molecular flexibility index (Phi) is 3.87. The number of fused-ring (bicyclic) bond motifs is 1. The molecule has 1 heterocycles. The van der Waals surface area contributed by atoms with E-state index in [9.17, 15) is 4.79 Å². The number of para-hydroxylation sites is 1. The predicted octanol–water partition coefficient (Wildman–Crippen LogP) is 5.36. The molecular formula is C15H8BrClO2S. The van der Waals surface area contributed by atoms with Gasteiger partial charge in [-0.05, 0) is 46.3 Å². The van der Waals surface area contributed by atoms with Crippen molar-refractivity contribution in [3.63, 3.8) is 0 Å². The van der Waals surface area contributed by atoms with Crippen molar-refractivity contribution in [2.45, 2.75) is 9.79 Å². The van der Waals surface area contributed by atoms with Gasteiger partial charge in [-0.2, -0.15) is 0 Å². The van der Waals surface area contributed by atoms with Crippen LogP contribution in [0.1, 0.15) is 0 Å². The molecule has 0 bridgehead atoms. The van der Waals surface area contributed by atoms with E-state index in [2.05, 4.69) is 15.9 Å². The maximum Gasteiger partial charge on any atom is 0.351 e. The molecule has 100 valence electrons. The molecule has 2 nitrogen and oxygen atoms in total. The Morgan fingerprint density at radius 1 is 1.05 bits per heavy atom. The summed E-state index contributed by atoms with van der Waals surface area (Å²) in [6, 6.07) is 15.0. The fourth-order valence-corrected chi connectivity index (χ4v) is 3.44. The van der Waals surface area contributed by atoms with Crippen molar-refractivity contribution in [3.8, 4) is 0 Å². The van der Waals surface area contributed by atoms with E-state index >= 15 is 0 Å². The zero-order chi connectivity index (χ0) is 14.1. The lowest BCUT2D eigenvalue weighted by molar-refractivity contribution is 0.552. The lowest BCUT2D eigenvalue weighted by atomic mass is 10.2. The molecule has 2 aromatic carbocycles. The van der Waals surface area contributed by atoms with Crippen LogP contribution in [-0.4, -0.2) is 0 Å². The molecule has 3 aromatic rings. The zero-order valence-corrected chi connectivity index (χ0v) is 13.3. The second-order valence-corrected chi connectivity index (χ2v) is 6.40. The molecule has 0 saturated carbocycles. The van der Waals surface area contributed by atoms with Crippen molar-refractivity contribution >= 4 is 50.3 Å². The molecule has 0 radical (unpaired) electrons. The van der Waals surface area contributed by atoms with E-state index in [1.54, 1.807) is 6.07 Å². The minimum atomic E-state index is -0.375. The van der Waals surface area contributed by atoms with Gasteiger partial charge in [0.2, 0.25) is 0 Å². The van der Waals surface area contributed by atoms with Crippen LogP contribution in [0.5, 0.6) is 0 Å². The summed E-state index contributed by atoms with van der Waals surface area (Å²) in [5.74, 6) is 0.